The molecule has 0 aliphatic carbocycles. The fourth-order valence-corrected chi connectivity index (χ4v) is 5.29. The summed E-state index contributed by atoms with van der Waals surface area (Å²) in [4.78, 5) is 14.5. The summed E-state index contributed by atoms with van der Waals surface area (Å²) in [6.07, 6.45) is -3.73. The fraction of sp³-hybridized carbons (Fsp3) is 0.458. The van der Waals surface area contributed by atoms with Gasteiger partial charge in [0.15, 0.2) is 0 Å². The van der Waals surface area contributed by atoms with E-state index in [0.717, 1.165) is 24.3 Å². The van der Waals surface area contributed by atoms with Gasteiger partial charge in [-0.15, -0.1) is 13.2 Å². The van der Waals surface area contributed by atoms with E-state index in [0.29, 0.717) is 25.2 Å². The normalized spacial score (nSPS) is 15.6. The molecule has 0 atom stereocenters. The summed E-state index contributed by atoms with van der Waals surface area (Å²) in [5, 5.41) is 0. The number of hydrogen-bond donors (Lipinski definition) is 0. The van der Waals surface area contributed by atoms with Gasteiger partial charge in [0.1, 0.15) is 17.3 Å². The van der Waals surface area contributed by atoms with Crippen LogP contribution in [0.5, 0.6) is 11.5 Å². The summed E-state index contributed by atoms with van der Waals surface area (Å²) in [5.41, 5.74) is -0.693. The first-order chi connectivity index (χ1) is 16.8. The number of sulfonamides is 1. The lowest BCUT2D eigenvalue weighted by Gasteiger charge is -2.38. The molecule has 0 saturated carbocycles. The van der Waals surface area contributed by atoms with Crippen molar-refractivity contribution in [3.8, 4) is 11.5 Å². The van der Waals surface area contributed by atoms with Crippen molar-refractivity contribution in [2.24, 2.45) is 5.41 Å². The molecule has 7 nitrogen and oxygen atoms in total. The highest BCUT2D eigenvalue weighted by molar-refractivity contribution is 7.89. The van der Waals surface area contributed by atoms with Crippen LogP contribution in [0.25, 0.3) is 0 Å². The molecule has 1 saturated heterocycles. The van der Waals surface area contributed by atoms with Crippen molar-refractivity contribution in [3.05, 3.63) is 54.3 Å². The Kier molecular flexibility index (Phi) is 8.50. The molecule has 1 aliphatic rings. The zero-order chi connectivity index (χ0) is 26.6. The van der Waals surface area contributed by atoms with Crippen molar-refractivity contribution in [1.82, 2.24) is 9.21 Å². The van der Waals surface area contributed by atoms with Gasteiger partial charge in [0.25, 0.3) is 0 Å². The minimum absolute atomic E-state index is 0.0681. The first-order valence-corrected chi connectivity index (χ1v) is 12.8. The van der Waals surface area contributed by atoms with E-state index in [9.17, 15) is 30.8 Å². The second-order valence-electron chi connectivity index (χ2n) is 9.01. The summed E-state index contributed by atoms with van der Waals surface area (Å²) < 4.78 is 86.3. The molecule has 1 fully saturated rings. The first-order valence-electron chi connectivity index (χ1n) is 11.3. The molecule has 0 N–H and O–H groups in total. The van der Waals surface area contributed by atoms with Crippen molar-refractivity contribution < 1.29 is 40.2 Å². The number of rotatable bonds is 9. The number of piperazine rings is 1. The lowest BCUT2D eigenvalue weighted by Crippen LogP contribution is -2.53. The number of ether oxygens (including phenoxy) is 2. The molecule has 1 heterocycles. The average Bonchev–Trinajstić information content (AvgIpc) is 2.82. The minimum Gasteiger partial charge on any atom is -0.494 e. The average molecular weight is 533 g/mol. The number of benzene rings is 2. The second-order valence-corrected chi connectivity index (χ2v) is 10.9. The number of carbonyl (C=O) groups is 1. The zero-order valence-electron chi connectivity index (χ0n) is 19.9. The predicted molar refractivity (Wildman–Crippen MR) is 123 cm³/mol. The molecule has 36 heavy (non-hydrogen) atoms. The molecule has 0 spiro atoms. The highest BCUT2D eigenvalue weighted by Crippen LogP contribution is 2.28. The fourth-order valence-electron chi connectivity index (χ4n) is 3.86. The summed E-state index contributed by atoms with van der Waals surface area (Å²) in [6.45, 7) is 4.53. The molecule has 0 radical (unpaired) electrons. The van der Waals surface area contributed by atoms with E-state index in [2.05, 4.69) is 4.74 Å². The van der Waals surface area contributed by atoms with Gasteiger partial charge >= 0.3 is 6.36 Å². The van der Waals surface area contributed by atoms with Crippen LogP contribution in [-0.2, 0) is 14.8 Å². The molecule has 1 aliphatic heterocycles. The Morgan fingerprint density at radius 3 is 2.03 bits per heavy atom. The molecule has 1 amide bonds. The smallest absolute Gasteiger partial charge is 0.494 e. The maximum Gasteiger partial charge on any atom is 0.573 e. The maximum absolute atomic E-state index is 13.1. The minimum atomic E-state index is -4.87. The molecule has 0 bridgehead atoms. The lowest BCUT2D eigenvalue weighted by molar-refractivity contribution is -0.274. The standard InChI is InChI=1S/C24H28F4N2O5S/c1-23(2,12-3-17-34-19-6-4-18(25)5-7-19)22(31)29-13-15-30(16-14-29)36(32,33)21-10-8-20(9-11-21)35-24(26,27)28/h4-11H,3,12-17H2,1-2H3. The van der Waals surface area contributed by atoms with Crippen LogP contribution in [0.4, 0.5) is 17.6 Å². The van der Waals surface area contributed by atoms with Crippen LogP contribution in [0.15, 0.2) is 53.4 Å². The number of carbonyl (C=O) groups excluding carboxylic acids is 1. The molecule has 198 valence electrons. The van der Waals surface area contributed by atoms with Crippen LogP contribution in [0.2, 0.25) is 0 Å². The Balaban J connectivity index is 1.50. The van der Waals surface area contributed by atoms with Gasteiger partial charge in [0.05, 0.1) is 11.5 Å². The molecule has 2 aromatic carbocycles. The Bertz CT molecular complexity index is 1130. The number of hydrogen-bond acceptors (Lipinski definition) is 5. The van der Waals surface area contributed by atoms with E-state index in [1.54, 1.807) is 4.90 Å². The van der Waals surface area contributed by atoms with Crippen molar-refractivity contribution in [1.29, 1.82) is 0 Å². The molecule has 2 aromatic rings. The summed E-state index contributed by atoms with van der Waals surface area (Å²) in [5.74, 6) is -0.423. The third-order valence-electron chi connectivity index (χ3n) is 5.83. The molecular weight excluding hydrogens is 504 g/mol. The number of amides is 1. The van der Waals surface area contributed by atoms with Gasteiger partial charge in [0.2, 0.25) is 15.9 Å². The Labute approximate surface area is 207 Å². The number of alkyl halides is 3. The quantitative estimate of drug-likeness (QED) is 0.353. The molecule has 3 rings (SSSR count). The van der Waals surface area contributed by atoms with Gasteiger partial charge < -0.3 is 14.4 Å². The van der Waals surface area contributed by atoms with Crippen LogP contribution in [0.1, 0.15) is 26.7 Å². The molecule has 12 heteroatoms. The highest BCUT2D eigenvalue weighted by Gasteiger charge is 2.36. The van der Waals surface area contributed by atoms with E-state index in [-0.39, 0.29) is 42.8 Å². The lowest BCUT2D eigenvalue weighted by atomic mass is 9.86. The third-order valence-corrected chi connectivity index (χ3v) is 7.74. The highest BCUT2D eigenvalue weighted by atomic mass is 32.2. The monoisotopic (exact) mass is 532 g/mol. The van der Waals surface area contributed by atoms with Crippen molar-refractivity contribution in [2.75, 3.05) is 32.8 Å². The van der Waals surface area contributed by atoms with Crippen molar-refractivity contribution in [2.45, 2.75) is 37.9 Å². The number of nitrogens with zero attached hydrogens (tertiary/aromatic N) is 2. The van der Waals surface area contributed by atoms with E-state index in [1.165, 1.54) is 28.6 Å². The van der Waals surface area contributed by atoms with Crippen LogP contribution >= 0.6 is 0 Å². The SMILES string of the molecule is CC(C)(CCCOc1ccc(F)cc1)C(=O)N1CCN(S(=O)(=O)c2ccc(OC(F)(F)F)cc2)CC1. The van der Waals surface area contributed by atoms with E-state index >= 15 is 0 Å². The largest absolute Gasteiger partial charge is 0.573 e. The van der Waals surface area contributed by atoms with E-state index in [4.69, 9.17) is 4.74 Å². The molecule has 0 aromatic heterocycles. The van der Waals surface area contributed by atoms with Crippen LogP contribution in [0, 0.1) is 11.2 Å². The van der Waals surface area contributed by atoms with E-state index in [1.807, 2.05) is 13.8 Å². The zero-order valence-corrected chi connectivity index (χ0v) is 20.7. The Morgan fingerprint density at radius 1 is 0.917 bits per heavy atom. The first kappa shape index (κ1) is 27.7. The van der Waals surface area contributed by atoms with Crippen LogP contribution < -0.4 is 9.47 Å². The predicted octanol–water partition coefficient (Wildman–Crippen LogP) is 4.44. The van der Waals surface area contributed by atoms with Gasteiger partial charge in [-0.2, -0.15) is 4.31 Å². The van der Waals surface area contributed by atoms with Crippen molar-refractivity contribution in [3.63, 3.8) is 0 Å². The van der Waals surface area contributed by atoms with Crippen LogP contribution in [-0.4, -0.2) is 62.7 Å². The Hall–Kier alpha value is -2.86. The van der Waals surface area contributed by atoms with Gasteiger partial charge in [-0.1, -0.05) is 13.8 Å². The third kappa shape index (κ3) is 7.33. The van der Waals surface area contributed by atoms with E-state index < -0.39 is 27.6 Å². The maximum atomic E-state index is 13.1. The number of halogens is 4. The van der Waals surface area contributed by atoms with Crippen molar-refractivity contribution >= 4 is 15.9 Å². The van der Waals surface area contributed by atoms with Gasteiger partial charge in [-0.25, -0.2) is 12.8 Å². The molecule has 0 unspecified atom stereocenters. The second kappa shape index (κ2) is 11.0. The summed E-state index contributed by atoms with van der Waals surface area (Å²) >= 11 is 0. The van der Waals surface area contributed by atoms with Crippen LogP contribution in [0.3, 0.4) is 0 Å². The van der Waals surface area contributed by atoms with Gasteiger partial charge in [-0.05, 0) is 61.4 Å². The Morgan fingerprint density at radius 2 is 1.47 bits per heavy atom. The van der Waals surface area contributed by atoms with Gasteiger partial charge in [-0.3, -0.25) is 4.79 Å². The summed E-state index contributed by atoms with van der Waals surface area (Å²) in [7, 11) is -3.94. The topological polar surface area (TPSA) is 76.2 Å². The van der Waals surface area contributed by atoms with Gasteiger partial charge in [0, 0.05) is 31.6 Å². The summed E-state index contributed by atoms with van der Waals surface area (Å²) in [6, 6.07) is 9.69. The molecular formula is C24H28F4N2O5S.